The van der Waals surface area contributed by atoms with E-state index >= 15 is 0 Å². The number of aliphatic carboxylic acids is 1. The highest BCUT2D eigenvalue weighted by Gasteiger charge is 2.33. The van der Waals surface area contributed by atoms with E-state index in [9.17, 15) is 19.2 Å². The monoisotopic (exact) mass is 413 g/mol. The Morgan fingerprint density at radius 1 is 1.07 bits per heavy atom. The number of nitrogens with one attached hydrogen (secondary N) is 2. The van der Waals surface area contributed by atoms with Crippen molar-refractivity contribution < 1.29 is 29.0 Å². The van der Waals surface area contributed by atoms with Crippen LogP contribution < -0.4 is 10.6 Å². The zero-order valence-electron chi connectivity index (χ0n) is 18.3. The highest BCUT2D eigenvalue weighted by atomic mass is 16.6. The molecular formula is C20H35N3O6. The summed E-state index contributed by atoms with van der Waals surface area (Å²) in [5.74, 6) is -1.72. The molecule has 0 aromatic carbocycles. The largest absolute Gasteiger partial charge is 0.480 e. The fourth-order valence-corrected chi connectivity index (χ4v) is 3.12. The lowest BCUT2D eigenvalue weighted by molar-refractivity contribution is -0.142. The molecule has 1 heterocycles. The molecular weight excluding hydrogens is 378 g/mol. The lowest BCUT2D eigenvalue weighted by Gasteiger charge is -2.34. The standard InChI is InChI=1S/C20H35N3O6/c1-12(2)11-15(22-19(28)29-20(4,5)6)17(25)23-9-7-14(8-10-23)16(24)21-13(3)18(26)27/h12-15H,7-11H2,1-6H3,(H,21,24)(H,22,28)(H,26,27). The molecule has 9 nitrogen and oxygen atoms in total. The van der Waals surface area contributed by atoms with Gasteiger partial charge >= 0.3 is 12.1 Å². The van der Waals surface area contributed by atoms with Crippen LogP contribution in [-0.4, -0.2) is 64.7 Å². The van der Waals surface area contributed by atoms with Crippen LogP contribution in [0.25, 0.3) is 0 Å². The lowest BCUT2D eigenvalue weighted by Crippen LogP contribution is -2.53. The number of rotatable bonds is 7. The number of nitrogens with zero attached hydrogens (tertiary/aromatic N) is 1. The van der Waals surface area contributed by atoms with Crippen molar-refractivity contribution in [1.82, 2.24) is 15.5 Å². The molecule has 0 aromatic heterocycles. The minimum atomic E-state index is -1.09. The van der Waals surface area contributed by atoms with Crippen LogP contribution in [0, 0.1) is 11.8 Å². The minimum absolute atomic E-state index is 0.192. The Bertz CT molecular complexity index is 606. The maximum atomic E-state index is 13.0. The van der Waals surface area contributed by atoms with E-state index in [-0.39, 0.29) is 23.7 Å². The first kappa shape index (κ1) is 24.7. The molecule has 166 valence electrons. The van der Waals surface area contributed by atoms with Gasteiger partial charge < -0.3 is 25.4 Å². The van der Waals surface area contributed by atoms with E-state index in [4.69, 9.17) is 9.84 Å². The van der Waals surface area contributed by atoms with Gasteiger partial charge in [-0.2, -0.15) is 0 Å². The summed E-state index contributed by atoms with van der Waals surface area (Å²) in [5.41, 5.74) is -0.658. The third-order valence-electron chi connectivity index (χ3n) is 4.60. The second-order valence-corrected chi connectivity index (χ2v) is 9.00. The number of carbonyl (C=O) groups is 4. The number of carboxylic acids is 1. The molecule has 0 radical (unpaired) electrons. The van der Waals surface area contributed by atoms with Crippen molar-refractivity contribution in [2.45, 2.75) is 78.5 Å². The molecule has 3 amide bonds. The molecule has 1 rings (SSSR count). The van der Waals surface area contributed by atoms with Gasteiger partial charge in [0.2, 0.25) is 11.8 Å². The highest BCUT2D eigenvalue weighted by molar-refractivity contribution is 5.87. The number of likely N-dealkylation sites (tertiary alicyclic amines) is 1. The molecule has 2 atom stereocenters. The first-order valence-corrected chi connectivity index (χ1v) is 10.1. The number of carbonyl (C=O) groups excluding carboxylic acids is 3. The Hall–Kier alpha value is -2.32. The topological polar surface area (TPSA) is 125 Å². The minimum Gasteiger partial charge on any atom is -0.480 e. The van der Waals surface area contributed by atoms with Crippen LogP contribution in [0.1, 0.15) is 60.8 Å². The van der Waals surface area contributed by atoms with Crippen LogP contribution in [-0.2, 0) is 19.1 Å². The van der Waals surface area contributed by atoms with Gasteiger partial charge in [0.25, 0.3) is 0 Å². The molecule has 2 unspecified atom stereocenters. The number of hydrogen-bond acceptors (Lipinski definition) is 5. The summed E-state index contributed by atoms with van der Waals surface area (Å²) in [6.07, 6.45) is 0.748. The number of alkyl carbamates (subject to hydrolysis) is 1. The quantitative estimate of drug-likeness (QED) is 0.584. The molecule has 0 aliphatic carbocycles. The summed E-state index contributed by atoms with van der Waals surface area (Å²) < 4.78 is 5.27. The van der Waals surface area contributed by atoms with Gasteiger partial charge in [-0.3, -0.25) is 14.4 Å². The van der Waals surface area contributed by atoms with Crippen LogP contribution >= 0.6 is 0 Å². The van der Waals surface area contributed by atoms with Gasteiger partial charge in [-0.25, -0.2) is 4.79 Å². The Morgan fingerprint density at radius 3 is 2.07 bits per heavy atom. The fourth-order valence-electron chi connectivity index (χ4n) is 3.12. The van der Waals surface area contributed by atoms with Gasteiger partial charge in [0.15, 0.2) is 0 Å². The predicted octanol–water partition coefficient (Wildman–Crippen LogP) is 1.75. The highest BCUT2D eigenvalue weighted by Crippen LogP contribution is 2.20. The number of amides is 3. The molecule has 1 saturated heterocycles. The normalized spacial score (nSPS) is 17.4. The summed E-state index contributed by atoms with van der Waals surface area (Å²) in [7, 11) is 0. The molecule has 0 aromatic rings. The van der Waals surface area contributed by atoms with E-state index in [0.717, 1.165) is 0 Å². The van der Waals surface area contributed by atoms with E-state index in [1.165, 1.54) is 6.92 Å². The first-order valence-electron chi connectivity index (χ1n) is 10.1. The van der Waals surface area contributed by atoms with Crippen molar-refractivity contribution >= 4 is 23.9 Å². The number of carboxylic acid groups (broad SMARTS) is 1. The Balaban J connectivity index is 2.66. The van der Waals surface area contributed by atoms with Crippen molar-refractivity contribution in [1.29, 1.82) is 0 Å². The van der Waals surface area contributed by atoms with E-state index in [1.807, 2.05) is 13.8 Å². The van der Waals surface area contributed by atoms with E-state index in [2.05, 4.69) is 10.6 Å². The van der Waals surface area contributed by atoms with Gasteiger partial charge in [-0.15, -0.1) is 0 Å². The van der Waals surface area contributed by atoms with Crippen LogP contribution in [0.5, 0.6) is 0 Å². The SMILES string of the molecule is CC(C)CC(NC(=O)OC(C)(C)C)C(=O)N1CCC(C(=O)NC(C)C(=O)O)CC1. The molecule has 3 N–H and O–H groups in total. The Kier molecular flexibility index (Phi) is 8.91. The third kappa shape index (κ3) is 8.70. The number of piperidine rings is 1. The van der Waals surface area contributed by atoms with Crippen LogP contribution in [0.15, 0.2) is 0 Å². The molecule has 0 spiro atoms. The first-order chi connectivity index (χ1) is 13.3. The fraction of sp³-hybridized carbons (Fsp3) is 0.800. The second-order valence-electron chi connectivity index (χ2n) is 9.00. The third-order valence-corrected chi connectivity index (χ3v) is 4.60. The molecule has 0 bridgehead atoms. The Morgan fingerprint density at radius 2 is 1.62 bits per heavy atom. The number of hydrogen-bond donors (Lipinski definition) is 3. The van der Waals surface area contributed by atoms with Gasteiger partial charge in [-0.1, -0.05) is 13.8 Å². The van der Waals surface area contributed by atoms with Crippen LogP contribution in [0.4, 0.5) is 4.79 Å². The smallest absolute Gasteiger partial charge is 0.408 e. The molecule has 1 aliphatic rings. The van der Waals surface area contributed by atoms with Crippen molar-refractivity contribution in [3.05, 3.63) is 0 Å². The van der Waals surface area contributed by atoms with Crippen molar-refractivity contribution in [3.8, 4) is 0 Å². The summed E-state index contributed by atoms with van der Waals surface area (Å²) in [5, 5.41) is 14.1. The average molecular weight is 414 g/mol. The maximum absolute atomic E-state index is 13.0. The van der Waals surface area contributed by atoms with Gasteiger partial charge in [0.1, 0.15) is 17.7 Å². The molecule has 1 aliphatic heterocycles. The van der Waals surface area contributed by atoms with Crippen molar-refractivity contribution in [3.63, 3.8) is 0 Å². The van der Waals surface area contributed by atoms with E-state index in [1.54, 1.807) is 25.7 Å². The summed E-state index contributed by atoms with van der Waals surface area (Å²) in [6, 6.07) is -1.64. The van der Waals surface area contributed by atoms with Crippen molar-refractivity contribution in [2.24, 2.45) is 11.8 Å². The van der Waals surface area contributed by atoms with Gasteiger partial charge in [-0.05, 0) is 52.9 Å². The molecule has 1 fully saturated rings. The van der Waals surface area contributed by atoms with Crippen molar-refractivity contribution in [2.75, 3.05) is 13.1 Å². The van der Waals surface area contributed by atoms with Crippen LogP contribution in [0.3, 0.4) is 0 Å². The van der Waals surface area contributed by atoms with E-state index in [0.29, 0.717) is 32.4 Å². The zero-order valence-corrected chi connectivity index (χ0v) is 18.3. The Labute approximate surface area is 172 Å². The predicted molar refractivity (Wildman–Crippen MR) is 107 cm³/mol. The number of ether oxygens (including phenoxy) is 1. The summed E-state index contributed by atoms with van der Waals surface area (Å²) >= 11 is 0. The molecule has 0 saturated carbocycles. The molecule has 9 heteroatoms. The average Bonchev–Trinajstić information content (AvgIpc) is 2.58. The molecule has 29 heavy (non-hydrogen) atoms. The second kappa shape index (κ2) is 10.5. The lowest BCUT2D eigenvalue weighted by atomic mass is 9.94. The van der Waals surface area contributed by atoms with Crippen LogP contribution in [0.2, 0.25) is 0 Å². The summed E-state index contributed by atoms with van der Waals surface area (Å²) in [6.45, 7) is 11.4. The summed E-state index contributed by atoms with van der Waals surface area (Å²) in [4.78, 5) is 49.8. The maximum Gasteiger partial charge on any atom is 0.408 e. The van der Waals surface area contributed by atoms with E-state index < -0.39 is 29.7 Å². The van der Waals surface area contributed by atoms with Gasteiger partial charge in [0.05, 0.1) is 0 Å². The zero-order chi connectivity index (χ0) is 22.4. The van der Waals surface area contributed by atoms with Gasteiger partial charge in [0, 0.05) is 19.0 Å².